The van der Waals surface area contributed by atoms with Gasteiger partial charge in [-0.3, -0.25) is 4.79 Å². The number of alkyl carbamates (subject to hydrolysis) is 1. The summed E-state index contributed by atoms with van der Waals surface area (Å²) in [6.45, 7) is 2.94. The second-order valence-electron chi connectivity index (χ2n) is 4.92. The molecule has 5 nitrogen and oxygen atoms in total. The molecule has 1 saturated carbocycles. The van der Waals surface area contributed by atoms with Crippen molar-refractivity contribution >= 4 is 12.1 Å². The normalized spacial score (nSPS) is 15.2. The predicted octanol–water partition coefficient (Wildman–Crippen LogP) is 2.78. The van der Waals surface area contributed by atoms with Crippen molar-refractivity contribution in [3.63, 3.8) is 0 Å². The molecule has 1 fully saturated rings. The number of rotatable bonds is 8. The fourth-order valence-corrected chi connectivity index (χ4v) is 2.03. The maximum Gasteiger partial charge on any atom is 0.407 e. The summed E-state index contributed by atoms with van der Waals surface area (Å²) in [5.74, 6) is -0.159. The lowest BCUT2D eigenvalue weighted by molar-refractivity contribution is -0.148. The Morgan fingerprint density at radius 1 is 1.21 bits per heavy atom. The van der Waals surface area contributed by atoms with Crippen LogP contribution < -0.4 is 5.32 Å². The minimum Gasteiger partial charge on any atom is -0.462 e. The smallest absolute Gasteiger partial charge is 0.407 e. The highest BCUT2D eigenvalue weighted by atomic mass is 16.5. The zero-order valence-corrected chi connectivity index (χ0v) is 11.8. The van der Waals surface area contributed by atoms with E-state index in [-0.39, 0.29) is 12.1 Å². The summed E-state index contributed by atoms with van der Waals surface area (Å²) in [5, 5.41) is 2.62. The lowest BCUT2D eigenvalue weighted by Gasteiger charge is -2.11. The lowest BCUT2D eigenvalue weighted by atomic mass is 10.3. The van der Waals surface area contributed by atoms with Crippen LogP contribution in [-0.4, -0.2) is 31.3 Å². The average molecular weight is 271 g/mol. The molecule has 0 spiro atoms. The first-order chi connectivity index (χ1) is 9.22. The molecule has 0 unspecified atom stereocenters. The van der Waals surface area contributed by atoms with E-state index in [1.165, 1.54) is 0 Å². The van der Waals surface area contributed by atoms with E-state index in [0.717, 1.165) is 38.5 Å². The predicted molar refractivity (Wildman–Crippen MR) is 71.8 cm³/mol. The van der Waals surface area contributed by atoms with Gasteiger partial charge in [0.15, 0.2) is 0 Å². The molecular formula is C14H25NO4. The van der Waals surface area contributed by atoms with Crippen LogP contribution in [0.25, 0.3) is 0 Å². The molecule has 1 aliphatic rings. The number of hydrogen-bond acceptors (Lipinski definition) is 4. The van der Waals surface area contributed by atoms with E-state index >= 15 is 0 Å². The van der Waals surface area contributed by atoms with Crippen molar-refractivity contribution in [2.45, 2.75) is 64.4 Å². The fraction of sp³-hybridized carbons (Fsp3) is 0.857. The van der Waals surface area contributed by atoms with Crippen LogP contribution in [0.4, 0.5) is 4.79 Å². The minimum absolute atomic E-state index is 0.125. The Morgan fingerprint density at radius 3 is 2.63 bits per heavy atom. The Balaban J connectivity index is 1.94. The topological polar surface area (TPSA) is 64.6 Å². The van der Waals surface area contributed by atoms with Gasteiger partial charge in [-0.15, -0.1) is 0 Å². The molecule has 0 aromatic carbocycles. The van der Waals surface area contributed by atoms with E-state index in [9.17, 15) is 9.59 Å². The number of carbonyl (C=O) groups excluding carboxylic acids is 2. The van der Waals surface area contributed by atoms with E-state index < -0.39 is 6.09 Å². The fourth-order valence-electron chi connectivity index (χ4n) is 2.03. The monoisotopic (exact) mass is 271 g/mol. The van der Waals surface area contributed by atoms with Gasteiger partial charge >= 0.3 is 12.1 Å². The quantitative estimate of drug-likeness (QED) is 0.544. The van der Waals surface area contributed by atoms with Gasteiger partial charge in [0, 0.05) is 13.0 Å². The highest BCUT2D eigenvalue weighted by Crippen LogP contribution is 2.21. The Labute approximate surface area is 115 Å². The Bertz CT molecular complexity index is 275. The number of esters is 1. The first-order valence-electron chi connectivity index (χ1n) is 7.32. The maximum atomic E-state index is 11.5. The van der Waals surface area contributed by atoms with Crippen LogP contribution in [0.15, 0.2) is 0 Å². The molecule has 1 aliphatic carbocycles. The zero-order valence-electron chi connectivity index (χ0n) is 11.8. The molecule has 0 aromatic heterocycles. The van der Waals surface area contributed by atoms with Gasteiger partial charge in [0.25, 0.3) is 0 Å². The minimum atomic E-state index is -0.405. The van der Waals surface area contributed by atoms with Crippen molar-refractivity contribution in [2.75, 3.05) is 13.2 Å². The molecular weight excluding hydrogens is 246 g/mol. The molecule has 5 heteroatoms. The summed E-state index contributed by atoms with van der Waals surface area (Å²) in [5.41, 5.74) is 0. The van der Waals surface area contributed by atoms with Gasteiger partial charge < -0.3 is 14.8 Å². The molecule has 1 N–H and O–H groups in total. The molecule has 0 aliphatic heterocycles. The maximum absolute atomic E-state index is 11.5. The Hall–Kier alpha value is -1.26. The highest BCUT2D eigenvalue weighted by molar-refractivity contribution is 5.70. The van der Waals surface area contributed by atoms with Gasteiger partial charge in [-0.25, -0.2) is 4.79 Å². The molecule has 19 heavy (non-hydrogen) atoms. The number of unbranched alkanes of at least 4 members (excludes halogenated alkanes) is 1. The van der Waals surface area contributed by atoms with Crippen molar-refractivity contribution in [3.05, 3.63) is 0 Å². The van der Waals surface area contributed by atoms with E-state index in [1.54, 1.807) is 0 Å². The molecule has 0 bridgehead atoms. The average Bonchev–Trinajstić information content (AvgIpc) is 2.88. The van der Waals surface area contributed by atoms with Crippen LogP contribution in [-0.2, 0) is 14.3 Å². The molecule has 1 amide bonds. The number of amides is 1. The molecule has 0 saturated heterocycles. The number of nitrogens with one attached hydrogen (secondary N) is 1. The lowest BCUT2D eigenvalue weighted by Crippen LogP contribution is -2.26. The second-order valence-corrected chi connectivity index (χ2v) is 4.92. The second kappa shape index (κ2) is 9.64. The highest BCUT2D eigenvalue weighted by Gasteiger charge is 2.18. The number of carbonyl (C=O) groups is 2. The van der Waals surface area contributed by atoms with Crippen molar-refractivity contribution < 1.29 is 19.1 Å². The van der Waals surface area contributed by atoms with Crippen LogP contribution in [0, 0.1) is 0 Å². The molecule has 0 radical (unpaired) electrons. The number of hydrogen-bond donors (Lipinski definition) is 1. The van der Waals surface area contributed by atoms with Crippen LogP contribution in [0.2, 0.25) is 0 Å². The van der Waals surface area contributed by atoms with Crippen LogP contribution in [0.5, 0.6) is 0 Å². The summed E-state index contributed by atoms with van der Waals surface area (Å²) < 4.78 is 10.2. The summed E-state index contributed by atoms with van der Waals surface area (Å²) in [7, 11) is 0. The first kappa shape index (κ1) is 15.8. The van der Waals surface area contributed by atoms with Crippen LogP contribution >= 0.6 is 0 Å². The largest absolute Gasteiger partial charge is 0.462 e. The third-order valence-electron chi connectivity index (χ3n) is 3.16. The third kappa shape index (κ3) is 7.70. The standard InChI is InChI=1S/C14H25NO4/c1-2-3-11-18-14(17)15-10-6-9-13(16)19-12-7-4-5-8-12/h12H,2-11H2,1H3,(H,15,17). The van der Waals surface area contributed by atoms with Gasteiger partial charge in [-0.05, 0) is 38.5 Å². The van der Waals surface area contributed by atoms with Crippen LogP contribution in [0.1, 0.15) is 58.3 Å². The number of ether oxygens (including phenoxy) is 2. The van der Waals surface area contributed by atoms with Gasteiger partial charge in [0.2, 0.25) is 0 Å². The molecule has 0 aromatic rings. The molecule has 110 valence electrons. The van der Waals surface area contributed by atoms with E-state index in [4.69, 9.17) is 9.47 Å². The van der Waals surface area contributed by atoms with Gasteiger partial charge in [-0.2, -0.15) is 0 Å². The summed E-state index contributed by atoms with van der Waals surface area (Å²) in [4.78, 5) is 22.7. The first-order valence-corrected chi connectivity index (χ1v) is 7.32. The Kier molecular flexibility index (Phi) is 8.02. The molecule has 0 atom stereocenters. The van der Waals surface area contributed by atoms with Gasteiger partial charge in [-0.1, -0.05) is 13.3 Å². The summed E-state index contributed by atoms with van der Waals surface area (Å²) in [6.07, 6.45) is 6.84. The van der Waals surface area contributed by atoms with Gasteiger partial charge in [0.1, 0.15) is 6.10 Å². The van der Waals surface area contributed by atoms with E-state index in [0.29, 0.717) is 26.0 Å². The molecule has 1 rings (SSSR count). The summed E-state index contributed by atoms with van der Waals surface area (Å²) >= 11 is 0. The zero-order chi connectivity index (χ0) is 13.9. The van der Waals surface area contributed by atoms with Gasteiger partial charge in [0.05, 0.1) is 6.61 Å². The van der Waals surface area contributed by atoms with E-state index in [1.807, 2.05) is 6.92 Å². The van der Waals surface area contributed by atoms with Crippen molar-refractivity contribution in [1.82, 2.24) is 5.32 Å². The van der Waals surface area contributed by atoms with E-state index in [2.05, 4.69) is 5.32 Å². The van der Waals surface area contributed by atoms with Crippen LogP contribution in [0.3, 0.4) is 0 Å². The SMILES string of the molecule is CCCCOC(=O)NCCCC(=O)OC1CCCC1. The van der Waals surface area contributed by atoms with Crippen molar-refractivity contribution in [1.29, 1.82) is 0 Å². The molecule has 0 heterocycles. The van der Waals surface area contributed by atoms with Crippen molar-refractivity contribution in [2.24, 2.45) is 0 Å². The van der Waals surface area contributed by atoms with Crippen molar-refractivity contribution in [3.8, 4) is 0 Å². The summed E-state index contributed by atoms with van der Waals surface area (Å²) in [6, 6.07) is 0. The Morgan fingerprint density at radius 2 is 1.95 bits per heavy atom. The third-order valence-corrected chi connectivity index (χ3v) is 3.16.